The monoisotopic (exact) mass is 447 g/mol. The van der Waals surface area contributed by atoms with E-state index in [1.165, 1.54) is 10.9 Å². The lowest BCUT2D eigenvalue weighted by Gasteiger charge is -2.38. The fraction of sp³-hybridized carbons (Fsp3) is 0.476. The third-order valence-electron chi connectivity index (χ3n) is 4.75. The summed E-state index contributed by atoms with van der Waals surface area (Å²) < 4.78 is 19.2. The molecule has 0 bridgehead atoms. The van der Waals surface area contributed by atoms with Crippen LogP contribution in [0.25, 0.3) is 0 Å². The van der Waals surface area contributed by atoms with Crippen molar-refractivity contribution >= 4 is 28.4 Å². The number of hydrogen-bond donors (Lipinski definition) is 2. The van der Waals surface area contributed by atoms with Crippen molar-refractivity contribution in [3.63, 3.8) is 0 Å². The van der Waals surface area contributed by atoms with Gasteiger partial charge in [0.2, 0.25) is 5.91 Å². The summed E-state index contributed by atoms with van der Waals surface area (Å²) in [5, 5.41) is 9.51. The highest BCUT2D eigenvalue weighted by Crippen LogP contribution is 2.17. The Labute approximate surface area is 184 Å². The molecule has 168 valence electrons. The Morgan fingerprint density at radius 1 is 1.26 bits per heavy atom. The maximum absolute atomic E-state index is 12.5. The van der Waals surface area contributed by atoms with Crippen LogP contribution < -0.4 is 10.6 Å². The standard InChI is InChI=1S/C21H29N5O4S/c1-21(2)16-25(9-10-30-21)19(27)14-26-13-18(12-23-26)24-20(28)22-8-11-31(29)15-17-6-4-3-5-7-17/h3-7,12-13H,8-11,14-16H2,1-2H3,(H2,22,24,28)/t31-/m1/s1. The molecule has 31 heavy (non-hydrogen) atoms. The lowest BCUT2D eigenvalue weighted by molar-refractivity contribution is -0.146. The van der Waals surface area contributed by atoms with Crippen molar-refractivity contribution in [3.8, 4) is 0 Å². The van der Waals surface area contributed by atoms with E-state index in [4.69, 9.17) is 4.74 Å². The minimum atomic E-state index is -1.05. The normalized spacial score (nSPS) is 16.5. The summed E-state index contributed by atoms with van der Waals surface area (Å²) in [6.07, 6.45) is 3.10. The van der Waals surface area contributed by atoms with Crippen LogP contribution >= 0.6 is 0 Å². The summed E-state index contributed by atoms with van der Waals surface area (Å²) in [7, 11) is -1.05. The van der Waals surface area contributed by atoms with Gasteiger partial charge in [-0.3, -0.25) is 13.7 Å². The van der Waals surface area contributed by atoms with Crippen LogP contribution in [-0.2, 0) is 32.6 Å². The van der Waals surface area contributed by atoms with E-state index in [9.17, 15) is 13.8 Å². The van der Waals surface area contributed by atoms with Crippen molar-refractivity contribution in [2.24, 2.45) is 0 Å². The minimum absolute atomic E-state index is 0.0450. The van der Waals surface area contributed by atoms with E-state index >= 15 is 0 Å². The predicted molar refractivity (Wildman–Crippen MR) is 119 cm³/mol. The van der Waals surface area contributed by atoms with Gasteiger partial charge < -0.3 is 20.3 Å². The first-order chi connectivity index (χ1) is 14.8. The number of morpholine rings is 1. The molecule has 2 N–H and O–H groups in total. The van der Waals surface area contributed by atoms with Gasteiger partial charge in [0.1, 0.15) is 6.54 Å². The molecule has 0 unspecified atom stereocenters. The summed E-state index contributed by atoms with van der Waals surface area (Å²) in [6.45, 7) is 5.91. The highest BCUT2D eigenvalue weighted by Gasteiger charge is 2.29. The van der Waals surface area contributed by atoms with Crippen LogP contribution in [0.15, 0.2) is 42.7 Å². The molecule has 1 aromatic carbocycles. The lowest BCUT2D eigenvalue weighted by atomic mass is 10.1. The van der Waals surface area contributed by atoms with E-state index < -0.39 is 16.8 Å². The highest BCUT2D eigenvalue weighted by molar-refractivity contribution is 7.84. The number of nitrogens with zero attached hydrogens (tertiary/aromatic N) is 3. The van der Waals surface area contributed by atoms with Gasteiger partial charge in [0, 0.05) is 48.1 Å². The Balaban J connectivity index is 1.38. The van der Waals surface area contributed by atoms with Crippen LogP contribution in [0.3, 0.4) is 0 Å². The first-order valence-electron chi connectivity index (χ1n) is 10.2. The number of carbonyl (C=O) groups excluding carboxylic acids is 2. The largest absolute Gasteiger partial charge is 0.372 e. The van der Waals surface area contributed by atoms with Crippen LogP contribution in [-0.4, -0.2) is 68.4 Å². The van der Waals surface area contributed by atoms with Gasteiger partial charge in [-0.2, -0.15) is 5.10 Å². The van der Waals surface area contributed by atoms with E-state index in [0.717, 1.165) is 5.56 Å². The Morgan fingerprint density at radius 2 is 2.03 bits per heavy atom. The smallest absolute Gasteiger partial charge is 0.319 e. The van der Waals surface area contributed by atoms with Crippen LogP contribution in [0.5, 0.6) is 0 Å². The molecule has 1 atom stereocenters. The van der Waals surface area contributed by atoms with Crippen molar-refractivity contribution in [3.05, 3.63) is 48.3 Å². The van der Waals surface area contributed by atoms with Crippen molar-refractivity contribution in [2.45, 2.75) is 31.7 Å². The zero-order chi connectivity index (χ0) is 22.3. The molecule has 2 heterocycles. The summed E-state index contributed by atoms with van der Waals surface area (Å²) in [4.78, 5) is 26.3. The zero-order valence-electron chi connectivity index (χ0n) is 17.9. The summed E-state index contributed by atoms with van der Waals surface area (Å²) in [5.74, 6) is 0.786. The van der Waals surface area contributed by atoms with Crippen molar-refractivity contribution in [2.75, 3.05) is 37.3 Å². The third kappa shape index (κ3) is 7.48. The maximum Gasteiger partial charge on any atom is 0.319 e. The molecule has 0 saturated carbocycles. The van der Waals surface area contributed by atoms with Crippen LogP contribution in [0.4, 0.5) is 10.5 Å². The van der Waals surface area contributed by atoms with Gasteiger partial charge in [0.25, 0.3) is 0 Å². The quantitative estimate of drug-likeness (QED) is 0.639. The Kier molecular flexibility index (Phi) is 7.80. The average molecular weight is 448 g/mol. The van der Waals surface area contributed by atoms with E-state index in [-0.39, 0.29) is 18.1 Å². The second-order valence-electron chi connectivity index (χ2n) is 8.00. The molecule has 0 spiro atoms. The Bertz CT molecular complexity index is 916. The van der Waals surface area contributed by atoms with Gasteiger partial charge in [-0.15, -0.1) is 0 Å². The first-order valence-corrected chi connectivity index (χ1v) is 11.7. The highest BCUT2D eigenvalue weighted by atomic mass is 32.2. The fourth-order valence-electron chi connectivity index (χ4n) is 3.27. The molecular formula is C21H29N5O4S. The minimum Gasteiger partial charge on any atom is -0.372 e. The molecule has 10 heteroatoms. The van der Waals surface area contributed by atoms with Gasteiger partial charge in [-0.1, -0.05) is 30.3 Å². The third-order valence-corrected chi connectivity index (χ3v) is 6.07. The number of nitrogens with one attached hydrogen (secondary N) is 2. The molecule has 0 aliphatic carbocycles. The molecule has 1 fully saturated rings. The number of urea groups is 1. The molecule has 1 aliphatic rings. The summed E-state index contributed by atoms with van der Waals surface area (Å²) in [6, 6.07) is 9.19. The molecule has 1 saturated heterocycles. The summed E-state index contributed by atoms with van der Waals surface area (Å²) >= 11 is 0. The van der Waals surface area contributed by atoms with E-state index in [2.05, 4.69) is 15.7 Å². The number of carbonyl (C=O) groups is 2. The molecule has 3 rings (SSSR count). The lowest BCUT2D eigenvalue weighted by Crippen LogP contribution is -2.51. The number of hydrogen-bond acceptors (Lipinski definition) is 5. The fourth-order valence-corrected chi connectivity index (χ4v) is 4.31. The summed E-state index contributed by atoms with van der Waals surface area (Å²) in [5.41, 5.74) is 1.14. The molecule has 3 amide bonds. The first kappa shape index (κ1) is 23.0. The zero-order valence-corrected chi connectivity index (χ0v) is 18.7. The Hall–Kier alpha value is -2.72. The molecular weight excluding hydrogens is 418 g/mol. The number of amides is 3. The number of benzene rings is 1. The van der Waals surface area contributed by atoms with Crippen LogP contribution in [0.2, 0.25) is 0 Å². The van der Waals surface area contributed by atoms with Crippen molar-refractivity contribution < 1.29 is 18.5 Å². The van der Waals surface area contributed by atoms with Crippen molar-refractivity contribution in [1.82, 2.24) is 20.0 Å². The number of anilines is 1. The Morgan fingerprint density at radius 3 is 2.77 bits per heavy atom. The maximum atomic E-state index is 12.5. The van der Waals surface area contributed by atoms with E-state index in [1.54, 1.807) is 11.1 Å². The van der Waals surface area contributed by atoms with Gasteiger partial charge in [-0.25, -0.2) is 4.79 Å². The average Bonchev–Trinajstić information content (AvgIpc) is 3.14. The van der Waals surface area contributed by atoms with Crippen LogP contribution in [0.1, 0.15) is 19.4 Å². The van der Waals surface area contributed by atoms with E-state index in [0.29, 0.717) is 43.4 Å². The van der Waals surface area contributed by atoms with Gasteiger partial charge >= 0.3 is 6.03 Å². The number of ether oxygens (including phenoxy) is 1. The number of rotatable bonds is 8. The SMILES string of the molecule is CC1(C)CN(C(=O)Cn2cc(NC(=O)NCC[S@@](=O)Cc3ccccc3)cn2)CCO1. The molecule has 1 aliphatic heterocycles. The van der Waals surface area contributed by atoms with Crippen LogP contribution in [0, 0.1) is 0 Å². The predicted octanol–water partition coefficient (Wildman–Crippen LogP) is 1.59. The number of aromatic nitrogens is 2. The van der Waals surface area contributed by atoms with E-state index in [1.807, 2.05) is 44.2 Å². The molecule has 0 radical (unpaired) electrons. The van der Waals surface area contributed by atoms with Crippen molar-refractivity contribution in [1.29, 1.82) is 0 Å². The molecule has 9 nitrogen and oxygen atoms in total. The van der Waals surface area contributed by atoms with Gasteiger partial charge in [0.15, 0.2) is 0 Å². The molecule has 1 aromatic heterocycles. The molecule has 2 aromatic rings. The topological polar surface area (TPSA) is 106 Å². The van der Waals surface area contributed by atoms with Gasteiger partial charge in [0.05, 0.1) is 24.1 Å². The second kappa shape index (κ2) is 10.5. The van der Waals surface area contributed by atoms with Gasteiger partial charge in [-0.05, 0) is 19.4 Å². The second-order valence-corrected chi connectivity index (χ2v) is 9.58.